The molecule has 1 aliphatic heterocycles. The summed E-state index contributed by atoms with van der Waals surface area (Å²) in [6.07, 6.45) is -0.382. The number of carbonyl (C=O) groups is 1. The van der Waals surface area contributed by atoms with Crippen molar-refractivity contribution in [2.75, 3.05) is 26.2 Å². The number of amides is 1. The van der Waals surface area contributed by atoms with Gasteiger partial charge < -0.3 is 20.6 Å². The van der Waals surface area contributed by atoms with E-state index in [1.165, 1.54) is 0 Å². The number of piperazine rings is 1. The molecule has 0 aromatic rings. The Morgan fingerprint density at radius 3 is 2.28 bits per heavy atom. The van der Waals surface area contributed by atoms with Gasteiger partial charge in [0.25, 0.3) is 0 Å². The fraction of sp³-hybridized carbons (Fsp3) is 0.818. The van der Waals surface area contributed by atoms with Crippen molar-refractivity contribution in [1.82, 2.24) is 9.80 Å². The number of oxime groups is 1. The molecule has 3 N–H and O–H groups in total. The van der Waals surface area contributed by atoms with Gasteiger partial charge in [0.2, 0.25) is 0 Å². The van der Waals surface area contributed by atoms with Gasteiger partial charge in [0, 0.05) is 26.2 Å². The van der Waals surface area contributed by atoms with Crippen LogP contribution in [0.3, 0.4) is 0 Å². The predicted molar refractivity (Wildman–Crippen MR) is 67.6 cm³/mol. The van der Waals surface area contributed by atoms with Gasteiger partial charge in [-0.3, -0.25) is 4.90 Å². The first-order valence-electron chi connectivity index (χ1n) is 6.12. The van der Waals surface area contributed by atoms with Crippen LogP contribution in [-0.2, 0) is 4.74 Å². The first-order valence-corrected chi connectivity index (χ1v) is 6.12. The van der Waals surface area contributed by atoms with Crippen LogP contribution in [0.25, 0.3) is 0 Å². The normalized spacial score (nSPS) is 20.0. The lowest BCUT2D eigenvalue weighted by atomic mass is 10.2. The van der Waals surface area contributed by atoms with Crippen LogP contribution in [0.2, 0.25) is 0 Å². The van der Waals surface area contributed by atoms with E-state index < -0.39 is 0 Å². The second-order valence-electron chi connectivity index (χ2n) is 4.66. The summed E-state index contributed by atoms with van der Waals surface area (Å²) in [5, 5.41) is 11.6. The van der Waals surface area contributed by atoms with Gasteiger partial charge in [-0.2, -0.15) is 0 Å². The van der Waals surface area contributed by atoms with E-state index in [0.29, 0.717) is 26.2 Å². The molecule has 1 atom stereocenters. The molecule has 0 bridgehead atoms. The van der Waals surface area contributed by atoms with Gasteiger partial charge >= 0.3 is 6.09 Å². The van der Waals surface area contributed by atoms with E-state index in [0.717, 1.165) is 0 Å². The third-order valence-electron chi connectivity index (χ3n) is 3.00. The van der Waals surface area contributed by atoms with Crippen molar-refractivity contribution in [1.29, 1.82) is 0 Å². The van der Waals surface area contributed by atoms with Crippen LogP contribution >= 0.6 is 0 Å². The summed E-state index contributed by atoms with van der Waals surface area (Å²) in [5.74, 6) is 0.188. The van der Waals surface area contributed by atoms with Crippen LogP contribution < -0.4 is 5.73 Å². The van der Waals surface area contributed by atoms with Crippen molar-refractivity contribution >= 4 is 11.9 Å². The Morgan fingerprint density at radius 2 is 1.83 bits per heavy atom. The molecule has 1 aliphatic rings. The van der Waals surface area contributed by atoms with E-state index in [1.807, 2.05) is 20.8 Å². The maximum atomic E-state index is 11.7. The summed E-state index contributed by atoms with van der Waals surface area (Å²) >= 11 is 0. The molecule has 1 rings (SSSR count). The highest BCUT2D eigenvalue weighted by Crippen LogP contribution is 2.08. The highest BCUT2D eigenvalue weighted by atomic mass is 16.6. The van der Waals surface area contributed by atoms with Crippen LogP contribution in [0.4, 0.5) is 4.79 Å². The molecule has 0 saturated carbocycles. The molecule has 1 amide bonds. The van der Waals surface area contributed by atoms with E-state index in [4.69, 9.17) is 15.7 Å². The Labute approximate surface area is 107 Å². The molecule has 0 aliphatic carbocycles. The Hall–Kier alpha value is -1.50. The largest absolute Gasteiger partial charge is 0.447 e. The lowest BCUT2D eigenvalue weighted by molar-refractivity contribution is 0.0546. The van der Waals surface area contributed by atoms with Gasteiger partial charge in [0.05, 0.1) is 12.1 Å². The summed E-state index contributed by atoms with van der Waals surface area (Å²) in [6.45, 7) is 8.08. The summed E-state index contributed by atoms with van der Waals surface area (Å²) in [5.41, 5.74) is 5.56. The standard InChI is InChI=1S/C11H22N4O3/c1-8(2)18-11(16)15-6-4-14(5-7-15)9(3)10(12)13-17/h8-9,17H,4-7H2,1-3H3,(H2,12,13). The van der Waals surface area contributed by atoms with E-state index in [2.05, 4.69) is 10.1 Å². The third kappa shape index (κ3) is 3.76. The van der Waals surface area contributed by atoms with Crippen LogP contribution in [0.1, 0.15) is 20.8 Å². The number of nitrogens with two attached hydrogens (primary N) is 1. The average Bonchev–Trinajstić information content (AvgIpc) is 2.36. The predicted octanol–water partition coefficient (Wildman–Crippen LogP) is 0.284. The molecule has 7 heteroatoms. The molecular weight excluding hydrogens is 236 g/mol. The van der Waals surface area contributed by atoms with Crippen LogP contribution in [-0.4, -0.2) is 65.3 Å². The monoisotopic (exact) mass is 258 g/mol. The lowest BCUT2D eigenvalue weighted by Crippen LogP contribution is -2.54. The zero-order chi connectivity index (χ0) is 13.7. The molecule has 1 unspecified atom stereocenters. The van der Waals surface area contributed by atoms with E-state index in [9.17, 15) is 4.79 Å². The molecule has 18 heavy (non-hydrogen) atoms. The number of carbonyl (C=O) groups excluding carboxylic acids is 1. The first kappa shape index (κ1) is 14.6. The Morgan fingerprint density at radius 1 is 1.28 bits per heavy atom. The molecule has 0 spiro atoms. The number of rotatable bonds is 3. The topological polar surface area (TPSA) is 91.4 Å². The van der Waals surface area contributed by atoms with Gasteiger partial charge in [-0.25, -0.2) is 4.79 Å². The molecule has 0 radical (unpaired) electrons. The highest BCUT2D eigenvalue weighted by Gasteiger charge is 2.26. The molecule has 1 fully saturated rings. The van der Waals surface area contributed by atoms with Crippen molar-refractivity contribution in [2.45, 2.75) is 32.9 Å². The molecule has 104 valence electrons. The summed E-state index contributed by atoms with van der Waals surface area (Å²) in [4.78, 5) is 15.4. The molecule has 1 saturated heterocycles. The van der Waals surface area contributed by atoms with Crippen molar-refractivity contribution in [3.8, 4) is 0 Å². The van der Waals surface area contributed by atoms with Crippen LogP contribution in [0.15, 0.2) is 5.16 Å². The van der Waals surface area contributed by atoms with Crippen LogP contribution in [0, 0.1) is 0 Å². The summed E-state index contributed by atoms with van der Waals surface area (Å²) in [7, 11) is 0. The Kier molecular flexibility index (Phi) is 5.21. The molecule has 7 nitrogen and oxygen atoms in total. The van der Waals surface area contributed by atoms with Gasteiger partial charge in [0.15, 0.2) is 5.84 Å². The van der Waals surface area contributed by atoms with Crippen molar-refractivity contribution in [3.05, 3.63) is 0 Å². The Bertz CT molecular complexity index is 311. The molecule has 1 heterocycles. The quantitative estimate of drug-likeness (QED) is 0.328. The number of hydrogen-bond acceptors (Lipinski definition) is 5. The number of amidine groups is 1. The molecular formula is C11H22N4O3. The average molecular weight is 258 g/mol. The zero-order valence-corrected chi connectivity index (χ0v) is 11.2. The van der Waals surface area contributed by atoms with Crippen LogP contribution in [0.5, 0.6) is 0 Å². The smallest absolute Gasteiger partial charge is 0.410 e. The van der Waals surface area contributed by atoms with Gasteiger partial charge in [-0.15, -0.1) is 0 Å². The SMILES string of the molecule is CC(C)OC(=O)N1CCN(C(C)C(N)=NO)CC1. The fourth-order valence-corrected chi connectivity index (χ4v) is 1.84. The van der Waals surface area contributed by atoms with Gasteiger partial charge in [0.1, 0.15) is 0 Å². The van der Waals surface area contributed by atoms with Gasteiger partial charge in [-0.1, -0.05) is 5.16 Å². The highest BCUT2D eigenvalue weighted by molar-refractivity contribution is 5.84. The van der Waals surface area contributed by atoms with Crippen molar-refractivity contribution in [2.24, 2.45) is 10.9 Å². The number of nitrogens with zero attached hydrogens (tertiary/aromatic N) is 3. The minimum atomic E-state index is -0.277. The number of ether oxygens (including phenoxy) is 1. The third-order valence-corrected chi connectivity index (χ3v) is 3.00. The number of hydrogen-bond donors (Lipinski definition) is 2. The lowest BCUT2D eigenvalue weighted by Gasteiger charge is -2.37. The molecule has 0 aromatic heterocycles. The van der Waals surface area contributed by atoms with E-state index in [1.54, 1.807) is 4.90 Å². The second kappa shape index (κ2) is 6.44. The Balaban J connectivity index is 2.43. The summed E-state index contributed by atoms with van der Waals surface area (Å²) < 4.78 is 5.13. The van der Waals surface area contributed by atoms with E-state index >= 15 is 0 Å². The van der Waals surface area contributed by atoms with Crippen molar-refractivity contribution < 1.29 is 14.7 Å². The van der Waals surface area contributed by atoms with Gasteiger partial charge in [-0.05, 0) is 20.8 Å². The summed E-state index contributed by atoms with van der Waals surface area (Å²) in [6, 6.07) is -0.127. The van der Waals surface area contributed by atoms with Crippen molar-refractivity contribution in [3.63, 3.8) is 0 Å². The fourth-order valence-electron chi connectivity index (χ4n) is 1.84. The zero-order valence-electron chi connectivity index (χ0n) is 11.2. The maximum Gasteiger partial charge on any atom is 0.410 e. The minimum Gasteiger partial charge on any atom is -0.447 e. The minimum absolute atomic E-state index is 0.105. The maximum absolute atomic E-state index is 11.7. The second-order valence-corrected chi connectivity index (χ2v) is 4.66. The molecule has 0 aromatic carbocycles. The first-order chi connectivity index (χ1) is 8.45. The van der Waals surface area contributed by atoms with E-state index in [-0.39, 0.29) is 24.1 Å².